The zero-order valence-corrected chi connectivity index (χ0v) is 12.3. The Hall–Kier alpha value is -0.570. The molecule has 4 atom stereocenters. The third-order valence-corrected chi connectivity index (χ3v) is 5.53. The molecular weight excluding hydrogens is 224 g/mol. The Kier molecular flexibility index (Phi) is 4.00. The molecule has 1 aliphatic carbocycles. The summed E-state index contributed by atoms with van der Waals surface area (Å²) in [5.41, 5.74) is -0.175. The quantitative estimate of drug-likeness (QED) is 0.808. The van der Waals surface area contributed by atoms with Gasteiger partial charge in [-0.3, -0.25) is 4.79 Å². The van der Waals surface area contributed by atoms with E-state index in [0.29, 0.717) is 17.9 Å². The lowest BCUT2D eigenvalue weighted by atomic mass is 9.75. The molecule has 1 saturated carbocycles. The van der Waals surface area contributed by atoms with E-state index in [1.165, 1.54) is 6.42 Å². The largest absolute Gasteiger partial charge is 0.353 e. The van der Waals surface area contributed by atoms with Crippen molar-refractivity contribution in [2.75, 3.05) is 13.1 Å². The molecule has 0 spiro atoms. The average molecular weight is 252 g/mol. The summed E-state index contributed by atoms with van der Waals surface area (Å²) in [7, 11) is 0. The van der Waals surface area contributed by atoms with Crippen molar-refractivity contribution in [3.63, 3.8) is 0 Å². The molecule has 1 saturated heterocycles. The molecule has 1 amide bonds. The Balaban J connectivity index is 2.02. The Morgan fingerprint density at radius 1 is 1.33 bits per heavy atom. The summed E-state index contributed by atoms with van der Waals surface area (Å²) in [6.45, 7) is 10.7. The van der Waals surface area contributed by atoms with Crippen molar-refractivity contribution < 1.29 is 4.79 Å². The predicted molar refractivity (Wildman–Crippen MR) is 74.3 cm³/mol. The Labute approximate surface area is 111 Å². The molecular formula is C15H28N2O. The van der Waals surface area contributed by atoms with Crippen molar-refractivity contribution in [1.82, 2.24) is 10.6 Å². The van der Waals surface area contributed by atoms with E-state index in [1.807, 2.05) is 0 Å². The monoisotopic (exact) mass is 252 g/mol. The van der Waals surface area contributed by atoms with Gasteiger partial charge in [0, 0.05) is 12.6 Å². The van der Waals surface area contributed by atoms with Crippen molar-refractivity contribution in [3.05, 3.63) is 0 Å². The van der Waals surface area contributed by atoms with Crippen LogP contribution in [0.4, 0.5) is 0 Å². The third kappa shape index (κ3) is 2.29. The number of carbonyl (C=O) groups is 1. The lowest BCUT2D eigenvalue weighted by Crippen LogP contribution is -2.50. The van der Waals surface area contributed by atoms with Gasteiger partial charge in [0.05, 0.1) is 5.41 Å². The second-order valence-corrected chi connectivity index (χ2v) is 6.73. The van der Waals surface area contributed by atoms with Crippen LogP contribution in [0, 0.1) is 23.2 Å². The van der Waals surface area contributed by atoms with Crippen molar-refractivity contribution in [2.24, 2.45) is 23.2 Å². The van der Waals surface area contributed by atoms with E-state index in [9.17, 15) is 4.79 Å². The van der Waals surface area contributed by atoms with Gasteiger partial charge in [-0.15, -0.1) is 0 Å². The van der Waals surface area contributed by atoms with Gasteiger partial charge in [0.2, 0.25) is 5.91 Å². The molecule has 104 valence electrons. The molecule has 1 heterocycles. The normalized spacial score (nSPS) is 40.4. The highest BCUT2D eigenvalue weighted by atomic mass is 16.2. The van der Waals surface area contributed by atoms with Gasteiger partial charge in [-0.1, -0.05) is 27.7 Å². The van der Waals surface area contributed by atoms with Crippen LogP contribution in [-0.4, -0.2) is 25.0 Å². The van der Waals surface area contributed by atoms with Crippen LogP contribution in [0.3, 0.4) is 0 Å². The van der Waals surface area contributed by atoms with E-state index in [4.69, 9.17) is 0 Å². The molecule has 0 radical (unpaired) electrons. The molecule has 2 aliphatic rings. The second-order valence-electron chi connectivity index (χ2n) is 6.73. The number of rotatable bonds is 3. The van der Waals surface area contributed by atoms with Crippen LogP contribution in [0.1, 0.15) is 47.0 Å². The van der Waals surface area contributed by atoms with Crippen LogP contribution in [0.5, 0.6) is 0 Å². The maximum Gasteiger partial charge on any atom is 0.228 e. The molecule has 0 aromatic rings. The number of hydrogen-bond acceptors (Lipinski definition) is 2. The van der Waals surface area contributed by atoms with Gasteiger partial charge < -0.3 is 10.6 Å². The third-order valence-electron chi connectivity index (χ3n) is 5.53. The fourth-order valence-electron chi connectivity index (χ4n) is 3.54. The Morgan fingerprint density at radius 3 is 2.50 bits per heavy atom. The van der Waals surface area contributed by atoms with E-state index in [1.54, 1.807) is 0 Å². The second kappa shape index (κ2) is 5.20. The summed E-state index contributed by atoms with van der Waals surface area (Å²) in [6.07, 6.45) is 3.38. The maximum absolute atomic E-state index is 12.7. The highest BCUT2D eigenvalue weighted by Crippen LogP contribution is 2.36. The number of hydrogen-bond donors (Lipinski definition) is 2. The van der Waals surface area contributed by atoms with E-state index in [-0.39, 0.29) is 11.3 Å². The zero-order valence-electron chi connectivity index (χ0n) is 12.3. The number of amides is 1. The molecule has 1 aliphatic heterocycles. The van der Waals surface area contributed by atoms with Crippen LogP contribution in [0.25, 0.3) is 0 Å². The van der Waals surface area contributed by atoms with Crippen LogP contribution in [0.15, 0.2) is 0 Å². The van der Waals surface area contributed by atoms with E-state index in [0.717, 1.165) is 31.8 Å². The highest BCUT2D eigenvalue weighted by Gasteiger charge is 2.45. The molecule has 2 fully saturated rings. The first-order valence-electron chi connectivity index (χ1n) is 7.49. The molecule has 0 aromatic carbocycles. The molecule has 4 unspecified atom stereocenters. The summed E-state index contributed by atoms with van der Waals surface area (Å²) in [6, 6.07) is 0.392. The topological polar surface area (TPSA) is 41.1 Å². The summed E-state index contributed by atoms with van der Waals surface area (Å²) in [4.78, 5) is 12.7. The SMILES string of the molecule is CC1CCC(NC(=O)C2(C(C)C)CCNC2)C1C. The summed E-state index contributed by atoms with van der Waals surface area (Å²) >= 11 is 0. The molecule has 18 heavy (non-hydrogen) atoms. The fraction of sp³-hybridized carbons (Fsp3) is 0.933. The molecule has 0 bridgehead atoms. The highest BCUT2D eigenvalue weighted by molar-refractivity contribution is 5.84. The van der Waals surface area contributed by atoms with Crippen LogP contribution in [0.2, 0.25) is 0 Å². The van der Waals surface area contributed by atoms with E-state index >= 15 is 0 Å². The van der Waals surface area contributed by atoms with Gasteiger partial charge in [0.25, 0.3) is 0 Å². The van der Waals surface area contributed by atoms with Crippen molar-refractivity contribution in [1.29, 1.82) is 0 Å². The first-order chi connectivity index (χ1) is 8.47. The van der Waals surface area contributed by atoms with Gasteiger partial charge in [-0.25, -0.2) is 0 Å². The molecule has 2 N–H and O–H groups in total. The van der Waals surface area contributed by atoms with E-state index in [2.05, 4.69) is 38.3 Å². The minimum atomic E-state index is -0.175. The van der Waals surface area contributed by atoms with Gasteiger partial charge in [0.15, 0.2) is 0 Å². The average Bonchev–Trinajstić information content (AvgIpc) is 2.92. The van der Waals surface area contributed by atoms with Gasteiger partial charge in [-0.2, -0.15) is 0 Å². The minimum absolute atomic E-state index is 0.175. The fourth-order valence-corrected chi connectivity index (χ4v) is 3.54. The summed E-state index contributed by atoms with van der Waals surface area (Å²) in [5.74, 6) is 2.05. The maximum atomic E-state index is 12.7. The van der Waals surface area contributed by atoms with Gasteiger partial charge in [-0.05, 0) is 43.6 Å². The number of nitrogens with one attached hydrogen (secondary N) is 2. The van der Waals surface area contributed by atoms with Crippen molar-refractivity contribution >= 4 is 5.91 Å². The summed E-state index contributed by atoms with van der Waals surface area (Å²) in [5, 5.41) is 6.70. The van der Waals surface area contributed by atoms with Crippen molar-refractivity contribution in [3.8, 4) is 0 Å². The Morgan fingerprint density at radius 2 is 2.06 bits per heavy atom. The molecule has 3 heteroatoms. The van der Waals surface area contributed by atoms with Crippen LogP contribution < -0.4 is 10.6 Å². The van der Waals surface area contributed by atoms with Gasteiger partial charge >= 0.3 is 0 Å². The smallest absolute Gasteiger partial charge is 0.228 e. The standard InChI is InChI=1S/C15H28N2O/c1-10(2)15(7-8-16-9-15)14(18)17-13-6-5-11(3)12(13)4/h10-13,16H,5-9H2,1-4H3,(H,17,18). The minimum Gasteiger partial charge on any atom is -0.353 e. The molecule has 0 aromatic heterocycles. The summed E-state index contributed by atoms with van der Waals surface area (Å²) < 4.78 is 0. The molecule has 3 nitrogen and oxygen atoms in total. The Bertz CT molecular complexity index is 308. The van der Waals surface area contributed by atoms with Crippen LogP contribution in [-0.2, 0) is 4.79 Å². The van der Waals surface area contributed by atoms with Gasteiger partial charge in [0.1, 0.15) is 0 Å². The number of carbonyl (C=O) groups excluding carboxylic acids is 1. The van der Waals surface area contributed by atoms with Crippen LogP contribution >= 0.6 is 0 Å². The first kappa shape index (κ1) is 13.9. The van der Waals surface area contributed by atoms with E-state index < -0.39 is 0 Å². The lowest BCUT2D eigenvalue weighted by Gasteiger charge is -2.33. The van der Waals surface area contributed by atoms with Crippen molar-refractivity contribution in [2.45, 2.75) is 53.0 Å². The molecule has 2 rings (SSSR count). The lowest BCUT2D eigenvalue weighted by molar-refractivity contribution is -0.133. The predicted octanol–water partition coefficient (Wildman–Crippen LogP) is 2.17. The first-order valence-corrected chi connectivity index (χ1v) is 7.49. The zero-order chi connectivity index (χ0) is 13.3.